The van der Waals surface area contributed by atoms with E-state index in [0.717, 1.165) is 11.6 Å². The van der Waals surface area contributed by atoms with E-state index in [9.17, 15) is 17.6 Å². The van der Waals surface area contributed by atoms with Crippen LogP contribution in [-0.4, -0.2) is 14.3 Å². The highest BCUT2D eigenvalue weighted by molar-refractivity contribution is 7.92. The minimum atomic E-state index is -4.03. The van der Waals surface area contributed by atoms with E-state index < -0.39 is 21.7 Å². The number of para-hydroxylation sites is 1. The summed E-state index contributed by atoms with van der Waals surface area (Å²) >= 11 is 6.06. The molecule has 144 valence electrons. The third kappa shape index (κ3) is 4.49. The van der Waals surface area contributed by atoms with Crippen LogP contribution in [0.2, 0.25) is 5.02 Å². The maximum atomic E-state index is 13.7. The standard InChI is InChI=1S/C20H16ClFN2O3S/c1-13-5-4-6-15(11-13)24-28(26,27)19-12-14(9-10-16(19)21)20(25)23-18-8-3-2-7-17(18)22/h2-12,24H,1H3,(H,23,25). The Kier molecular flexibility index (Phi) is 5.67. The highest BCUT2D eigenvalue weighted by Crippen LogP contribution is 2.26. The first-order chi connectivity index (χ1) is 13.3. The second-order valence-corrected chi connectivity index (χ2v) is 8.11. The number of carbonyl (C=O) groups excluding carboxylic acids is 1. The molecular formula is C20H16ClFN2O3S. The largest absolute Gasteiger partial charge is 0.319 e. The Bertz CT molecular complexity index is 1150. The fourth-order valence-corrected chi connectivity index (χ4v) is 4.10. The zero-order valence-electron chi connectivity index (χ0n) is 14.7. The first-order valence-corrected chi connectivity index (χ1v) is 10.1. The number of benzene rings is 3. The molecule has 0 atom stereocenters. The number of carbonyl (C=O) groups is 1. The van der Waals surface area contributed by atoms with Crippen LogP contribution in [0.1, 0.15) is 15.9 Å². The van der Waals surface area contributed by atoms with Gasteiger partial charge in [0.15, 0.2) is 0 Å². The van der Waals surface area contributed by atoms with Gasteiger partial charge in [-0.25, -0.2) is 12.8 Å². The van der Waals surface area contributed by atoms with Crippen LogP contribution >= 0.6 is 11.6 Å². The first kappa shape index (κ1) is 19.9. The van der Waals surface area contributed by atoms with E-state index >= 15 is 0 Å². The normalized spacial score (nSPS) is 11.1. The van der Waals surface area contributed by atoms with Gasteiger partial charge in [-0.15, -0.1) is 0 Å². The summed E-state index contributed by atoms with van der Waals surface area (Å²) in [5, 5.41) is 2.37. The van der Waals surface area contributed by atoms with Gasteiger partial charge in [-0.2, -0.15) is 0 Å². The summed E-state index contributed by atoms with van der Waals surface area (Å²) in [6, 6.07) is 16.3. The summed E-state index contributed by atoms with van der Waals surface area (Å²) in [7, 11) is -4.03. The lowest BCUT2D eigenvalue weighted by Crippen LogP contribution is -2.17. The van der Waals surface area contributed by atoms with Gasteiger partial charge in [-0.05, 0) is 55.0 Å². The predicted molar refractivity (Wildman–Crippen MR) is 108 cm³/mol. The van der Waals surface area contributed by atoms with Crippen molar-refractivity contribution in [3.05, 3.63) is 88.7 Å². The van der Waals surface area contributed by atoms with Crippen LogP contribution in [0, 0.1) is 12.7 Å². The molecule has 0 saturated carbocycles. The summed E-state index contributed by atoms with van der Waals surface area (Å²) in [5.41, 5.74) is 1.27. The molecular weight excluding hydrogens is 403 g/mol. The topological polar surface area (TPSA) is 75.3 Å². The number of aryl methyl sites for hydroxylation is 1. The highest BCUT2D eigenvalue weighted by atomic mass is 35.5. The van der Waals surface area contributed by atoms with Crippen molar-refractivity contribution < 1.29 is 17.6 Å². The van der Waals surface area contributed by atoms with E-state index in [1.807, 2.05) is 13.0 Å². The molecule has 3 rings (SSSR count). The van der Waals surface area contributed by atoms with Crippen LogP contribution in [0.3, 0.4) is 0 Å². The second kappa shape index (κ2) is 8.00. The van der Waals surface area contributed by atoms with Crippen molar-refractivity contribution in [3.63, 3.8) is 0 Å². The van der Waals surface area contributed by atoms with Gasteiger partial charge in [0.2, 0.25) is 0 Å². The smallest absolute Gasteiger partial charge is 0.263 e. The Labute approximate surface area is 167 Å². The quantitative estimate of drug-likeness (QED) is 0.622. The number of amides is 1. The van der Waals surface area contributed by atoms with E-state index in [2.05, 4.69) is 10.0 Å². The molecule has 3 aromatic carbocycles. The molecule has 0 aromatic heterocycles. The van der Waals surface area contributed by atoms with Crippen molar-refractivity contribution >= 4 is 38.9 Å². The van der Waals surface area contributed by atoms with Crippen LogP contribution in [0.4, 0.5) is 15.8 Å². The van der Waals surface area contributed by atoms with Gasteiger partial charge in [0.05, 0.1) is 10.7 Å². The number of hydrogen-bond acceptors (Lipinski definition) is 3. The lowest BCUT2D eigenvalue weighted by Gasteiger charge is -2.12. The lowest BCUT2D eigenvalue weighted by molar-refractivity contribution is 0.102. The first-order valence-electron chi connectivity index (χ1n) is 8.21. The Hall–Kier alpha value is -2.90. The van der Waals surface area contributed by atoms with Gasteiger partial charge >= 0.3 is 0 Å². The molecule has 5 nitrogen and oxygen atoms in total. The summed E-state index contributed by atoms with van der Waals surface area (Å²) in [6.07, 6.45) is 0. The number of anilines is 2. The zero-order chi connectivity index (χ0) is 20.3. The fraction of sp³-hybridized carbons (Fsp3) is 0.0500. The molecule has 0 spiro atoms. The van der Waals surface area contributed by atoms with Crippen molar-refractivity contribution in [2.75, 3.05) is 10.0 Å². The number of halogens is 2. The molecule has 0 bridgehead atoms. The maximum absolute atomic E-state index is 13.7. The van der Waals surface area contributed by atoms with E-state index in [0.29, 0.717) is 5.69 Å². The Morgan fingerprint density at radius 2 is 1.75 bits per heavy atom. The SMILES string of the molecule is Cc1cccc(NS(=O)(=O)c2cc(C(=O)Nc3ccccc3F)ccc2Cl)c1. The van der Waals surface area contributed by atoms with E-state index in [1.165, 1.54) is 30.3 Å². The van der Waals surface area contributed by atoms with Gasteiger partial charge in [0.25, 0.3) is 15.9 Å². The summed E-state index contributed by atoms with van der Waals surface area (Å²) in [5.74, 6) is -1.26. The number of nitrogens with one attached hydrogen (secondary N) is 2. The Morgan fingerprint density at radius 1 is 1.00 bits per heavy atom. The van der Waals surface area contributed by atoms with Crippen LogP contribution in [0.5, 0.6) is 0 Å². The van der Waals surface area contributed by atoms with Crippen molar-refractivity contribution in [1.82, 2.24) is 0 Å². The molecule has 0 aliphatic carbocycles. The third-order valence-electron chi connectivity index (χ3n) is 3.88. The summed E-state index contributed by atoms with van der Waals surface area (Å²) < 4.78 is 41.6. The maximum Gasteiger partial charge on any atom is 0.263 e. The van der Waals surface area contributed by atoms with Gasteiger partial charge in [0, 0.05) is 11.3 Å². The fourth-order valence-electron chi connectivity index (χ4n) is 2.53. The molecule has 8 heteroatoms. The summed E-state index contributed by atoms with van der Waals surface area (Å²) in [4.78, 5) is 12.2. The van der Waals surface area contributed by atoms with Gasteiger partial charge < -0.3 is 5.32 Å². The molecule has 0 heterocycles. The zero-order valence-corrected chi connectivity index (χ0v) is 16.3. The number of rotatable bonds is 5. The predicted octanol–water partition coefficient (Wildman–Crippen LogP) is 4.84. The Morgan fingerprint density at radius 3 is 2.46 bits per heavy atom. The molecule has 0 saturated heterocycles. The Balaban J connectivity index is 1.90. The van der Waals surface area contributed by atoms with Crippen molar-refractivity contribution in [1.29, 1.82) is 0 Å². The average Bonchev–Trinajstić information content (AvgIpc) is 2.63. The lowest BCUT2D eigenvalue weighted by atomic mass is 10.2. The molecule has 2 N–H and O–H groups in total. The van der Waals surface area contributed by atoms with Crippen molar-refractivity contribution in [2.24, 2.45) is 0 Å². The molecule has 28 heavy (non-hydrogen) atoms. The average molecular weight is 419 g/mol. The van der Waals surface area contributed by atoms with Crippen LogP contribution in [-0.2, 0) is 10.0 Å². The van der Waals surface area contributed by atoms with E-state index in [-0.39, 0.29) is 21.2 Å². The minimum absolute atomic E-state index is 0.00950. The van der Waals surface area contributed by atoms with Gasteiger partial charge in [0.1, 0.15) is 10.7 Å². The molecule has 0 fully saturated rings. The van der Waals surface area contributed by atoms with E-state index in [1.54, 1.807) is 24.3 Å². The van der Waals surface area contributed by atoms with E-state index in [4.69, 9.17) is 11.6 Å². The van der Waals surface area contributed by atoms with Crippen LogP contribution in [0.25, 0.3) is 0 Å². The minimum Gasteiger partial charge on any atom is -0.319 e. The van der Waals surface area contributed by atoms with Crippen molar-refractivity contribution in [3.8, 4) is 0 Å². The van der Waals surface area contributed by atoms with Crippen LogP contribution < -0.4 is 10.0 Å². The molecule has 0 aliphatic rings. The third-order valence-corrected chi connectivity index (χ3v) is 5.74. The van der Waals surface area contributed by atoms with Crippen LogP contribution in [0.15, 0.2) is 71.6 Å². The molecule has 0 radical (unpaired) electrons. The molecule has 3 aromatic rings. The monoisotopic (exact) mass is 418 g/mol. The van der Waals surface area contributed by atoms with Gasteiger partial charge in [-0.1, -0.05) is 35.9 Å². The summed E-state index contributed by atoms with van der Waals surface area (Å²) in [6.45, 7) is 1.83. The number of hydrogen-bond donors (Lipinski definition) is 2. The van der Waals surface area contributed by atoms with Crippen molar-refractivity contribution in [2.45, 2.75) is 11.8 Å². The molecule has 0 unspecified atom stereocenters. The second-order valence-electron chi connectivity index (χ2n) is 6.05. The highest BCUT2D eigenvalue weighted by Gasteiger charge is 2.21. The molecule has 0 aliphatic heterocycles. The van der Waals surface area contributed by atoms with Gasteiger partial charge in [-0.3, -0.25) is 9.52 Å². The number of sulfonamides is 1. The molecule has 1 amide bonds.